The Morgan fingerprint density at radius 2 is 2.17 bits per heavy atom. The van der Waals surface area contributed by atoms with E-state index in [2.05, 4.69) is 6.07 Å². The zero-order chi connectivity index (χ0) is 17.2. The number of nitrogens with two attached hydrogens (primary N) is 1. The van der Waals surface area contributed by atoms with E-state index < -0.39 is 5.41 Å². The monoisotopic (exact) mass is 328 g/mol. The molecule has 2 aliphatic carbocycles. The molecule has 0 saturated heterocycles. The fourth-order valence-electron chi connectivity index (χ4n) is 3.53. The van der Waals surface area contributed by atoms with E-state index in [1.54, 1.807) is 7.11 Å². The molecule has 0 aromatic heterocycles. The Hall–Kier alpha value is -2.22. The molecular formula is C19H24N2O3. The van der Waals surface area contributed by atoms with Gasteiger partial charge in [0.2, 0.25) is 5.91 Å². The van der Waals surface area contributed by atoms with Crippen LogP contribution in [0.3, 0.4) is 0 Å². The summed E-state index contributed by atoms with van der Waals surface area (Å²) in [5.74, 6) is 1.44. The molecule has 0 aliphatic heterocycles. The molecule has 1 aromatic carbocycles. The molecule has 2 atom stereocenters. The first kappa shape index (κ1) is 16.6. The number of ether oxygens (including phenoxy) is 2. The lowest BCUT2D eigenvalue weighted by Crippen LogP contribution is -2.37. The van der Waals surface area contributed by atoms with Gasteiger partial charge >= 0.3 is 0 Å². The van der Waals surface area contributed by atoms with Crippen LogP contribution in [0, 0.1) is 23.2 Å². The standard InChI is InChI=1S/C19H24N2O3/c1-23-16-7-6-15(9-17(16)24-11-13-4-5-13)19(12-20)8-2-3-14(10-19)18(21)22/h6-7,9,13-14H,2-5,8,10-11H2,1H3,(H2,21,22)/t14-,19-/m1/s1. The lowest BCUT2D eigenvalue weighted by atomic mass is 9.66. The molecular weight excluding hydrogens is 304 g/mol. The number of methoxy groups -OCH3 is 1. The zero-order valence-corrected chi connectivity index (χ0v) is 14.1. The number of rotatable bonds is 6. The minimum Gasteiger partial charge on any atom is -0.493 e. The molecule has 1 amide bonds. The van der Waals surface area contributed by atoms with Gasteiger partial charge in [-0.2, -0.15) is 5.26 Å². The number of primary amides is 1. The topological polar surface area (TPSA) is 85.3 Å². The van der Waals surface area contributed by atoms with Crippen LogP contribution in [0.15, 0.2) is 18.2 Å². The molecule has 2 N–H and O–H groups in total. The van der Waals surface area contributed by atoms with E-state index in [-0.39, 0.29) is 11.8 Å². The van der Waals surface area contributed by atoms with Gasteiger partial charge in [0.25, 0.3) is 0 Å². The van der Waals surface area contributed by atoms with Crippen LogP contribution in [0.25, 0.3) is 0 Å². The third kappa shape index (κ3) is 3.33. The molecule has 5 heteroatoms. The van der Waals surface area contributed by atoms with Gasteiger partial charge < -0.3 is 15.2 Å². The summed E-state index contributed by atoms with van der Waals surface area (Å²) in [6.07, 6.45) is 5.23. The lowest BCUT2D eigenvalue weighted by Gasteiger charge is -2.35. The molecule has 24 heavy (non-hydrogen) atoms. The van der Waals surface area contributed by atoms with E-state index in [9.17, 15) is 10.1 Å². The minimum atomic E-state index is -0.679. The first-order valence-corrected chi connectivity index (χ1v) is 8.60. The molecule has 1 aromatic rings. The van der Waals surface area contributed by atoms with E-state index in [1.807, 2.05) is 18.2 Å². The molecule has 0 radical (unpaired) electrons. The van der Waals surface area contributed by atoms with Gasteiger partial charge in [0.15, 0.2) is 11.5 Å². The molecule has 128 valence electrons. The van der Waals surface area contributed by atoms with E-state index in [1.165, 1.54) is 12.8 Å². The summed E-state index contributed by atoms with van der Waals surface area (Å²) in [6, 6.07) is 8.13. The molecule has 5 nitrogen and oxygen atoms in total. The largest absolute Gasteiger partial charge is 0.493 e. The fraction of sp³-hybridized carbons (Fsp3) is 0.579. The van der Waals surface area contributed by atoms with Crippen LogP contribution < -0.4 is 15.2 Å². The van der Waals surface area contributed by atoms with Crippen molar-refractivity contribution in [3.05, 3.63) is 23.8 Å². The van der Waals surface area contributed by atoms with Gasteiger partial charge in [-0.25, -0.2) is 0 Å². The van der Waals surface area contributed by atoms with Crippen molar-refractivity contribution < 1.29 is 14.3 Å². The predicted octanol–water partition coefficient (Wildman–Crippen LogP) is 2.92. The van der Waals surface area contributed by atoms with Crippen LogP contribution in [0.4, 0.5) is 0 Å². The van der Waals surface area contributed by atoms with Crippen molar-refractivity contribution >= 4 is 5.91 Å². The number of nitriles is 1. The second kappa shape index (κ2) is 6.72. The summed E-state index contributed by atoms with van der Waals surface area (Å²) in [6.45, 7) is 0.684. The highest BCUT2D eigenvalue weighted by molar-refractivity contribution is 5.77. The van der Waals surface area contributed by atoms with E-state index in [0.717, 1.165) is 24.8 Å². The third-order valence-corrected chi connectivity index (χ3v) is 5.26. The summed E-state index contributed by atoms with van der Waals surface area (Å²) < 4.78 is 11.3. The number of hydrogen-bond donors (Lipinski definition) is 1. The van der Waals surface area contributed by atoms with Crippen molar-refractivity contribution in [2.45, 2.75) is 43.9 Å². The van der Waals surface area contributed by atoms with Crippen molar-refractivity contribution in [3.8, 4) is 17.6 Å². The van der Waals surface area contributed by atoms with Crippen LogP contribution in [-0.4, -0.2) is 19.6 Å². The van der Waals surface area contributed by atoms with Gasteiger partial charge in [0.1, 0.15) is 0 Å². The maximum atomic E-state index is 11.6. The Balaban J connectivity index is 1.89. The number of amides is 1. The van der Waals surface area contributed by atoms with Gasteiger partial charge in [0, 0.05) is 5.92 Å². The van der Waals surface area contributed by atoms with Crippen LogP contribution in [0.5, 0.6) is 11.5 Å². The number of carbonyl (C=O) groups is 1. The average Bonchev–Trinajstić information content (AvgIpc) is 3.44. The Kier molecular flexibility index (Phi) is 4.66. The molecule has 0 unspecified atom stereocenters. The highest BCUT2D eigenvalue weighted by Gasteiger charge is 2.40. The van der Waals surface area contributed by atoms with E-state index in [0.29, 0.717) is 30.4 Å². The molecule has 0 heterocycles. The van der Waals surface area contributed by atoms with Crippen molar-refractivity contribution in [2.75, 3.05) is 13.7 Å². The van der Waals surface area contributed by atoms with Crippen molar-refractivity contribution in [3.63, 3.8) is 0 Å². The summed E-state index contributed by atoms with van der Waals surface area (Å²) in [5.41, 5.74) is 5.70. The molecule has 2 fully saturated rings. The number of hydrogen-bond acceptors (Lipinski definition) is 4. The number of benzene rings is 1. The lowest BCUT2D eigenvalue weighted by molar-refractivity contribution is -0.123. The Labute approximate surface area is 142 Å². The highest BCUT2D eigenvalue weighted by atomic mass is 16.5. The van der Waals surface area contributed by atoms with Gasteiger partial charge in [-0.3, -0.25) is 4.79 Å². The van der Waals surface area contributed by atoms with Gasteiger partial charge in [0.05, 0.1) is 25.2 Å². The van der Waals surface area contributed by atoms with Gasteiger partial charge in [-0.1, -0.05) is 12.5 Å². The van der Waals surface area contributed by atoms with E-state index in [4.69, 9.17) is 15.2 Å². The van der Waals surface area contributed by atoms with Crippen LogP contribution >= 0.6 is 0 Å². The Morgan fingerprint density at radius 1 is 1.38 bits per heavy atom. The second-order valence-corrected chi connectivity index (χ2v) is 7.01. The first-order valence-electron chi connectivity index (χ1n) is 8.60. The fourth-order valence-corrected chi connectivity index (χ4v) is 3.53. The summed E-state index contributed by atoms with van der Waals surface area (Å²) in [4.78, 5) is 11.6. The van der Waals surface area contributed by atoms with E-state index >= 15 is 0 Å². The third-order valence-electron chi connectivity index (χ3n) is 5.26. The van der Waals surface area contributed by atoms with Crippen LogP contribution in [0.2, 0.25) is 0 Å². The second-order valence-electron chi connectivity index (χ2n) is 7.01. The molecule has 0 spiro atoms. The predicted molar refractivity (Wildman–Crippen MR) is 89.7 cm³/mol. The molecule has 2 aliphatic rings. The normalized spacial score (nSPS) is 26.4. The van der Waals surface area contributed by atoms with Gasteiger partial charge in [-0.05, 0) is 55.7 Å². The smallest absolute Gasteiger partial charge is 0.220 e. The summed E-state index contributed by atoms with van der Waals surface area (Å²) in [5, 5.41) is 9.87. The summed E-state index contributed by atoms with van der Waals surface area (Å²) >= 11 is 0. The average molecular weight is 328 g/mol. The molecule has 3 rings (SSSR count). The van der Waals surface area contributed by atoms with Crippen molar-refractivity contribution in [1.29, 1.82) is 5.26 Å². The molecule has 0 bridgehead atoms. The van der Waals surface area contributed by atoms with Crippen molar-refractivity contribution in [2.24, 2.45) is 17.6 Å². The van der Waals surface area contributed by atoms with Crippen LogP contribution in [0.1, 0.15) is 44.1 Å². The number of carbonyl (C=O) groups excluding carboxylic acids is 1. The van der Waals surface area contributed by atoms with Gasteiger partial charge in [-0.15, -0.1) is 0 Å². The minimum absolute atomic E-state index is 0.240. The highest BCUT2D eigenvalue weighted by Crippen LogP contribution is 2.44. The Morgan fingerprint density at radius 3 is 2.79 bits per heavy atom. The Bertz CT molecular complexity index is 663. The van der Waals surface area contributed by atoms with Crippen LogP contribution in [-0.2, 0) is 10.2 Å². The number of nitrogens with zero attached hydrogens (tertiary/aromatic N) is 1. The maximum absolute atomic E-state index is 11.6. The zero-order valence-electron chi connectivity index (χ0n) is 14.1. The quantitative estimate of drug-likeness (QED) is 0.870. The maximum Gasteiger partial charge on any atom is 0.220 e. The first-order chi connectivity index (χ1) is 11.6. The SMILES string of the molecule is COc1ccc([C@]2(C#N)CCC[C@@H](C(N)=O)C2)cc1OCC1CC1. The van der Waals surface area contributed by atoms with Crippen molar-refractivity contribution in [1.82, 2.24) is 0 Å². The summed E-state index contributed by atoms with van der Waals surface area (Å²) in [7, 11) is 1.61. The molecule has 2 saturated carbocycles.